The van der Waals surface area contributed by atoms with Crippen molar-refractivity contribution in [1.82, 2.24) is 19.9 Å². The molecule has 2 N–H and O–H groups in total. The molecule has 1 aromatic carbocycles. The zero-order valence-electron chi connectivity index (χ0n) is 21.4. The van der Waals surface area contributed by atoms with Crippen molar-refractivity contribution in [1.29, 1.82) is 0 Å². The number of aromatic amines is 1. The summed E-state index contributed by atoms with van der Waals surface area (Å²) in [5.74, 6) is 1.12. The molecule has 0 amide bonds. The number of rotatable bonds is 11. The molecule has 0 aliphatic carbocycles. The SMILES string of the molecule is CCCOC/C=C/C(=O)c1cc2cc(Nc3nccc(-c4cc(OC5CCOCC5)ccn4)n3)ccc2[nH]1. The topological polar surface area (TPSA) is 111 Å². The van der Waals surface area contributed by atoms with Gasteiger partial charge in [-0.05, 0) is 48.9 Å². The molecule has 5 rings (SSSR count). The smallest absolute Gasteiger partial charge is 0.227 e. The lowest BCUT2D eigenvalue weighted by molar-refractivity contribution is 0.0255. The maximum Gasteiger partial charge on any atom is 0.227 e. The summed E-state index contributed by atoms with van der Waals surface area (Å²) in [6.07, 6.45) is 9.56. The maximum absolute atomic E-state index is 12.5. The standard InChI is InChI=1S/C29H31N5O4/c1-2-13-36-14-3-4-28(35)27-18-20-17-21(5-6-24(20)33-27)32-29-31-12-8-25(34-29)26-19-23(7-11-30-26)38-22-9-15-37-16-10-22/h3-8,11-12,17-19,22,33H,2,9-10,13-16H2,1H3,(H,31,32,34)/b4-3+. The molecule has 9 nitrogen and oxygen atoms in total. The number of allylic oxidation sites excluding steroid dienone is 1. The number of aromatic nitrogens is 4. The van der Waals surface area contributed by atoms with E-state index in [-0.39, 0.29) is 11.9 Å². The number of hydrogen-bond acceptors (Lipinski definition) is 8. The second-order valence-corrected chi connectivity index (χ2v) is 9.02. The molecular weight excluding hydrogens is 482 g/mol. The van der Waals surface area contributed by atoms with Gasteiger partial charge < -0.3 is 24.5 Å². The number of anilines is 2. The first-order chi connectivity index (χ1) is 18.7. The molecule has 1 fully saturated rings. The van der Waals surface area contributed by atoms with Crippen LogP contribution >= 0.6 is 0 Å². The summed E-state index contributed by atoms with van der Waals surface area (Å²) in [5, 5.41) is 4.16. The van der Waals surface area contributed by atoms with Crippen molar-refractivity contribution in [2.45, 2.75) is 32.3 Å². The van der Waals surface area contributed by atoms with E-state index in [9.17, 15) is 4.79 Å². The van der Waals surface area contributed by atoms with E-state index >= 15 is 0 Å². The number of H-pyrrole nitrogens is 1. The van der Waals surface area contributed by atoms with Crippen molar-refractivity contribution in [2.75, 3.05) is 31.7 Å². The van der Waals surface area contributed by atoms with Gasteiger partial charge in [-0.15, -0.1) is 0 Å². The lowest BCUT2D eigenvalue weighted by Crippen LogP contribution is -2.25. The van der Waals surface area contributed by atoms with Crippen LogP contribution in [0.2, 0.25) is 0 Å². The Morgan fingerprint density at radius 2 is 1.97 bits per heavy atom. The summed E-state index contributed by atoms with van der Waals surface area (Å²) in [5.41, 5.74) is 3.59. The Bertz CT molecular complexity index is 1410. The number of ketones is 1. The fourth-order valence-electron chi connectivity index (χ4n) is 4.19. The summed E-state index contributed by atoms with van der Waals surface area (Å²) in [6, 6.07) is 13.2. The minimum Gasteiger partial charge on any atom is -0.490 e. The van der Waals surface area contributed by atoms with Crippen molar-refractivity contribution in [3.8, 4) is 17.1 Å². The number of pyridine rings is 1. The van der Waals surface area contributed by atoms with Crippen molar-refractivity contribution in [3.05, 3.63) is 72.7 Å². The Morgan fingerprint density at radius 3 is 2.84 bits per heavy atom. The molecule has 1 saturated heterocycles. The minimum absolute atomic E-state index is 0.0950. The number of nitrogens with one attached hydrogen (secondary N) is 2. The predicted octanol–water partition coefficient (Wildman–Crippen LogP) is 5.49. The number of fused-ring (bicyclic) bond motifs is 1. The highest BCUT2D eigenvalue weighted by molar-refractivity contribution is 6.06. The summed E-state index contributed by atoms with van der Waals surface area (Å²) in [7, 11) is 0. The van der Waals surface area contributed by atoms with Gasteiger partial charge in [-0.2, -0.15) is 0 Å². The third kappa shape index (κ3) is 6.62. The highest BCUT2D eigenvalue weighted by atomic mass is 16.5. The van der Waals surface area contributed by atoms with Gasteiger partial charge in [0.15, 0.2) is 0 Å². The van der Waals surface area contributed by atoms with Crippen molar-refractivity contribution >= 4 is 28.3 Å². The summed E-state index contributed by atoms with van der Waals surface area (Å²) in [4.78, 5) is 29.2. The first kappa shape index (κ1) is 25.6. The molecule has 1 aliphatic heterocycles. The molecule has 0 spiro atoms. The molecule has 4 heterocycles. The van der Waals surface area contributed by atoms with E-state index in [2.05, 4.69) is 25.3 Å². The first-order valence-corrected chi connectivity index (χ1v) is 12.9. The number of ether oxygens (including phenoxy) is 3. The minimum atomic E-state index is -0.0950. The van der Waals surface area contributed by atoms with Gasteiger partial charge in [0.25, 0.3) is 0 Å². The Balaban J connectivity index is 1.26. The van der Waals surface area contributed by atoms with Crippen LogP contribution in [0.1, 0.15) is 36.7 Å². The van der Waals surface area contributed by atoms with Gasteiger partial charge in [-0.3, -0.25) is 9.78 Å². The zero-order valence-corrected chi connectivity index (χ0v) is 21.4. The van der Waals surface area contributed by atoms with Gasteiger partial charge in [0.2, 0.25) is 11.7 Å². The number of hydrogen-bond donors (Lipinski definition) is 2. The molecule has 4 aromatic rings. The quantitative estimate of drug-likeness (QED) is 0.154. The Morgan fingerprint density at radius 1 is 1.11 bits per heavy atom. The van der Waals surface area contributed by atoms with E-state index in [1.165, 1.54) is 6.08 Å². The fraction of sp³-hybridized carbons (Fsp3) is 0.310. The largest absolute Gasteiger partial charge is 0.490 e. The summed E-state index contributed by atoms with van der Waals surface area (Å²) < 4.78 is 16.9. The van der Waals surface area contributed by atoms with E-state index in [1.807, 2.05) is 49.4 Å². The second kappa shape index (κ2) is 12.4. The van der Waals surface area contributed by atoms with E-state index in [0.717, 1.165) is 54.8 Å². The normalized spacial score (nSPS) is 14.2. The third-order valence-electron chi connectivity index (χ3n) is 6.09. The van der Waals surface area contributed by atoms with Gasteiger partial charge in [0.05, 0.1) is 36.9 Å². The van der Waals surface area contributed by atoms with E-state index in [0.29, 0.717) is 36.2 Å². The van der Waals surface area contributed by atoms with E-state index < -0.39 is 0 Å². The fourth-order valence-corrected chi connectivity index (χ4v) is 4.19. The van der Waals surface area contributed by atoms with Crippen LogP contribution in [0.5, 0.6) is 5.75 Å². The Kier molecular flexibility index (Phi) is 8.37. The number of benzene rings is 1. The molecular formula is C29H31N5O4. The maximum atomic E-state index is 12.5. The van der Waals surface area contributed by atoms with Crippen molar-refractivity contribution < 1.29 is 19.0 Å². The van der Waals surface area contributed by atoms with Crippen LogP contribution in [0, 0.1) is 0 Å². The van der Waals surface area contributed by atoms with Crippen LogP contribution in [-0.4, -0.2) is 58.3 Å². The Labute approximate surface area is 221 Å². The Hall–Kier alpha value is -4.08. The molecule has 3 aromatic heterocycles. The van der Waals surface area contributed by atoms with Crippen LogP contribution in [0.3, 0.4) is 0 Å². The molecule has 38 heavy (non-hydrogen) atoms. The summed E-state index contributed by atoms with van der Waals surface area (Å²) >= 11 is 0. The van der Waals surface area contributed by atoms with Crippen LogP contribution in [0.25, 0.3) is 22.3 Å². The number of carbonyl (C=O) groups is 1. The lowest BCUT2D eigenvalue weighted by Gasteiger charge is -2.23. The molecule has 9 heteroatoms. The molecule has 0 bridgehead atoms. The zero-order chi connectivity index (χ0) is 26.2. The second-order valence-electron chi connectivity index (χ2n) is 9.02. The van der Waals surface area contributed by atoms with Crippen LogP contribution in [0.15, 0.2) is 67.0 Å². The average Bonchev–Trinajstić information content (AvgIpc) is 3.37. The monoisotopic (exact) mass is 513 g/mol. The predicted molar refractivity (Wildman–Crippen MR) is 146 cm³/mol. The molecule has 0 radical (unpaired) electrons. The number of nitrogens with zero attached hydrogens (tertiary/aromatic N) is 3. The van der Waals surface area contributed by atoms with Crippen molar-refractivity contribution in [3.63, 3.8) is 0 Å². The highest BCUT2D eigenvalue weighted by Crippen LogP contribution is 2.25. The van der Waals surface area contributed by atoms with E-state index in [1.54, 1.807) is 18.5 Å². The van der Waals surface area contributed by atoms with Crippen LogP contribution < -0.4 is 10.1 Å². The van der Waals surface area contributed by atoms with Crippen LogP contribution in [-0.2, 0) is 9.47 Å². The third-order valence-corrected chi connectivity index (χ3v) is 6.09. The van der Waals surface area contributed by atoms with Gasteiger partial charge in [0.1, 0.15) is 11.9 Å². The molecule has 0 saturated carbocycles. The van der Waals surface area contributed by atoms with E-state index in [4.69, 9.17) is 14.2 Å². The molecule has 196 valence electrons. The van der Waals surface area contributed by atoms with Gasteiger partial charge in [0, 0.05) is 54.5 Å². The molecule has 0 atom stereocenters. The van der Waals surface area contributed by atoms with Crippen molar-refractivity contribution in [2.24, 2.45) is 0 Å². The average molecular weight is 514 g/mol. The summed E-state index contributed by atoms with van der Waals surface area (Å²) in [6.45, 7) is 4.60. The van der Waals surface area contributed by atoms with Gasteiger partial charge in [-0.25, -0.2) is 9.97 Å². The molecule has 1 aliphatic rings. The first-order valence-electron chi connectivity index (χ1n) is 12.9. The van der Waals surface area contributed by atoms with Crippen LogP contribution in [0.4, 0.5) is 11.6 Å². The highest BCUT2D eigenvalue weighted by Gasteiger charge is 2.16. The van der Waals surface area contributed by atoms with Gasteiger partial charge >= 0.3 is 0 Å². The van der Waals surface area contributed by atoms with Gasteiger partial charge in [-0.1, -0.05) is 13.0 Å². The molecule has 0 unspecified atom stereocenters. The number of carbonyl (C=O) groups excluding carboxylic acids is 1. The lowest BCUT2D eigenvalue weighted by atomic mass is 10.1.